The highest BCUT2D eigenvalue weighted by atomic mass is 16.5. The van der Waals surface area contributed by atoms with Crippen molar-refractivity contribution in [2.24, 2.45) is 10.9 Å². The molecule has 170 valence electrons. The van der Waals surface area contributed by atoms with Gasteiger partial charge in [0.2, 0.25) is 11.7 Å². The van der Waals surface area contributed by atoms with Crippen molar-refractivity contribution in [3.8, 4) is 0 Å². The molecule has 0 amide bonds. The van der Waals surface area contributed by atoms with Gasteiger partial charge >= 0.3 is 5.97 Å². The van der Waals surface area contributed by atoms with E-state index < -0.39 is 17.7 Å². The van der Waals surface area contributed by atoms with E-state index in [1.165, 1.54) is 0 Å². The Kier molecular flexibility index (Phi) is 6.37. The van der Waals surface area contributed by atoms with E-state index in [2.05, 4.69) is 19.9 Å². The van der Waals surface area contributed by atoms with Gasteiger partial charge in [-0.15, -0.1) is 0 Å². The van der Waals surface area contributed by atoms with E-state index in [0.29, 0.717) is 11.3 Å². The third-order valence-corrected chi connectivity index (χ3v) is 5.25. The number of H-pyrrole nitrogens is 1. The number of allylic oxidation sites excluding steroid dienone is 1. The summed E-state index contributed by atoms with van der Waals surface area (Å²) in [6, 6.07) is 9.57. The van der Waals surface area contributed by atoms with Crippen LogP contribution in [0.4, 0.5) is 5.69 Å². The third-order valence-electron chi connectivity index (χ3n) is 5.25. The molecule has 1 atom stereocenters. The number of ether oxygens (including phenoxy) is 2. The Hall–Kier alpha value is -3.78. The number of ketones is 1. The van der Waals surface area contributed by atoms with Crippen LogP contribution in [-0.2, 0) is 25.6 Å². The van der Waals surface area contributed by atoms with Gasteiger partial charge in [-0.1, -0.05) is 12.1 Å². The van der Waals surface area contributed by atoms with E-state index in [1.807, 2.05) is 51.4 Å². The fraction of sp³-hybridized carbons (Fsp3) is 0.280. The van der Waals surface area contributed by atoms with Gasteiger partial charge in [-0.25, -0.2) is 9.98 Å². The summed E-state index contributed by atoms with van der Waals surface area (Å²) in [5.74, 6) is -2.33. The smallest absolute Gasteiger partial charge is 0.326 e. The molecule has 8 nitrogen and oxygen atoms in total. The normalized spacial score (nSPS) is 18.5. The number of esters is 1. The molecule has 2 aromatic heterocycles. The number of aromatic amines is 1. The van der Waals surface area contributed by atoms with Crippen LogP contribution in [0.25, 0.3) is 17.1 Å². The van der Waals surface area contributed by atoms with E-state index in [-0.39, 0.29) is 18.3 Å². The number of carbonyl (C=O) groups excluding carboxylic acids is 2. The molecule has 1 saturated heterocycles. The number of Topliss-reactive ketones (excluding diaryl/α,β-unsaturated/α-hetero) is 1. The number of hydrogen-bond acceptors (Lipinski definition) is 7. The molecule has 33 heavy (non-hydrogen) atoms. The molecule has 1 aliphatic heterocycles. The Labute approximate surface area is 191 Å². The van der Waals surface area contributed by atoms with Crippen LogP contribution in [0.15, 0.2) is 53.5 Å². The molecule has 1 unspecified atom stereocenters. The molecule has 1 N–H and O–H groups in total. The predicted octanol–water partition coefficient (Wildman–Crippen LogP) is 3.78. The van der Waals surface area contributed by atoms with Crippen LogP contribution in [0.3, 0.4) is 0 Å². The summed E-state index contributed by atoms with van der Waals surface area (Å²) in [7, 11) is 4.01. The lowest BCUT2D eigenvalue weighted by molar-refractivity contribution is -0.147. The van der Waals surface area contributed by atoms with E-state index in [4.69, 9.17) is 9.47 Å². The quantitative estimate of drug-likeness (QED) is 0.352. The largest absolute Gasteiger partial charge is 0.465 e. The zero-order valence-electron chi connectivity index (χ0n) is 19.1. The lowest BCUT2D eigenvalue weighted by Gasteiger charge is -2.11. The number of aryl methyl sites for hydroxylation is 1. The van der Waals surface area contributed by atoms with E-state index in [1.54, 1.807) is 25.4 Å². The Bertz CT molecular complexity index is 1270. The van der Waals surface area contributed by atoms with Crippen molar-refractivity contribution in [1.29, 1.82) is 0 Å². The summed E-state index contributed by atoms with van der Waals surface area (Å²) in [6.07, 6.45) is 5.02. The van der Waals surface area contributed by atoms with Crippen molar-refractivity contribution in [3.63, 3.8) is 0 Å². The number of fused-ring (bicyclic) bond motifs is 1. The van der Waals surface area contributed by atoms with Crippen molar-refractivity contribution in [1.82, 2.24) is 14.9 Å². The van der Waals surface area contributed by atoms with Gasteiger partial charge in [0.15, 0.2) is 11.7 Å². The third kappa shape index (κ3) is 4.70. The van der Waals surface area contributed by atoms with E-state index in [0.717, 1.165) is 28.6 Å². The highest BCUT2D eigenvalue weighted by Gasteiger charge is 2.44. The maximum Gasteiger partial charge on any atom is 0.326 e. The molecule has 3 aromatic rings. The molecular formula is C25H26N4O4. The summed E-state index contributed by atoms with van der Waals surface area (Å²) in [5.41, 5.74) is 4.11. The van der Waals surface area contributed by atoms with Gasteiger partial charge in [0.1, 0.15) is 5.65 Å². The summed E-state index contributed by atoms with van der Waals surface area (Å²) in [4.78, 5) is 39.7. The Morgan fingerprint density at radius 3 is 2.88 bits per heavy atom. The van der Waals surface area contributed by atoms with Gasteiger partial charge < -0.3 is 19.4 Å². The average molecular weight is 447 g/mol. The SMILES string of the molecule is CCOC(=O)C1C(=O)/C(=C/c2c[nH]c3ncccc23)OC1=Nc1ccc(CN(C)C)cc1C. The fourth-order valence-electron chi connectivity index (χ4n) is 3.76. The second-order valence-corrected chi connectivity index (χ2v) is 8.11. The second kappa shape index (κ2) is 9.38. The number of nitrogens with one attached hydrogen (secondary N) is 1. The highest BCUT2D eigenvalue weighted by Crippen LogP contribution is 2.30. The van der Waals surface area contributed by atoms with Gasteiger partial charge in [0, 0.05) is 29.9 Å². The zero-order valence-corrected chi connectivity index (χ0v) is 19.1. The monoisotopic (exact) mass is 446 g/mol. The first-order valence-corrected chi connectivity index (χ1v) is 10.7. The Morgan fingerprint density at radius 2 is 2.15 bits per heavy atom. The Morgan fingerprint density at radius 1 is 1.33 bits per heavy atom. The predicted molar refractivity (Wildman–Crippen MR) is 126 cm³/mol. The minimum absolute atomic E-state index is 0.0196. The van der Waals surface area contributed by atoms with Crippen LogP contribution in [0, 0.1) is 12.8 Å². The molecule has 1 fully saturated rings. The fourth-order valence-corrected chi connectivity index (χ4v) is 3.76. The topological polar surface area (TPSA) is 96.9 Å². The highest BCUT2D eigenvalue weighted by molar-refractivity contribution is 6.27. The van der Waals surface area contributed by atoms with Crippen molar-refractivity contribution < 1.29 is 19.1 Å². The summed E-state index contributed by atoms with van der Waals surface area (Å²) >= 11 is 0. The molecule has 0 spiro atoms. The molecule has 8 heteroatoms. The molecule has 0 bridgehead atoms. The zero-order chi connectivity index (χ0) is 23.5. The molecule has 4 rings (SSSR count). The van der Waals surface area contributed by atoms with Crippen LogP contribution in [0.1, 0.15) is 23.6 Å². The number of aliphatic imine (C=N–C) groups is 1. The number of rotatable bonds is 6. The van der Waals surface area contributed by atoms with Gasteiger partial charge in [-0.3, -0.25) is 9.59 Å². The molecule has 1 aromatic carbocycles. The van der Waals surface area contributed by atoms with Gasteiger partial charge in [-0.2, -0.15) is 0 Å². The standard InChI is InChI=1S/C25H26N4O4/c1-5-32-25(31)21-22(30)20(12-17-13-27-23-18(17)7-6-10-26-23)33-24(21)28-19-9-8-16(11-15(19)2)14-29(3)4/h6-13,21H,5,14H2,1-4H3,(H,26,27)/b20-12-,28-24?. The van der Waals surface area contributed by atoms with Crippen molar-refractivity contribution in [2.45, 2.75) is 20.4 Å². The van der Waals surface area contributed by atoms with Crippen LogP contribution < -0.4 is 0 Å². The lowest BCUT2D eigenvalue weighted by atomic mass is 10.0. The first-order valence-electron chi connectivity index (χ1n) is 10.7. The van der Waals surface area contributed by atoms with Crippen LogP contribution in [-0.4, -0.2) is 53.2 Å². The summed E-state index contributed by atoms with van der Waals surface area (Å²) < 4.78 is 11.0. The second-order valence-electron chi connectivity index (χ2n) is 8.11. The van der Waals surface area contributed by atoms with E-state index in [9.17, 15) is 9.59 Å². The number of aromatic nitrogens is 2. The minimum atomic E-state index is -1.24. The molecular weight excluding hydrogens is 420 g/mol. The number of nitrogens with zero attached hydrogens (tertiary/aromatic N) is 3. The molecule has 0 saturated carbocycles. The van der Waals surface area contributed by atoms with E-state index >= 15 is 0 Å². The van der Waals surface area contributed by atoms with Crippen molar-refractivity contribution in [2.75, 3.05) is 20.7 Å². The minimum Gasteiger partial charge on any atom is -0.465 e. The number of carbonyl (C=O) groups is 2. The van der Waals surface area contributed by atoms with Gasteiger partial charge in [0.25, 0.3) is 0 Å². The maximum atomic E-state index is 13.1. The average Bonchev–Trinajstić information content (AvgIpc) is 3.31. The van der Waals surface area contributed by atoms with Gasteiger partial charge in [0.05, 0.1) is 12.3 Å². The lowest BCUT2D eigenvalue weighted by Crippen LogP contribution is -2.27. The van der Waals surface area contributed by atoms with Crippen LogP contribution in [0.2, 0.25) is 0 Å². The van der Waals surface area contributed by atoms with Crippen LogP contribution in [0.5, 0.6) is 0 Å². The number of hydrogen-bond donors (Lipinski definition) is 1. The maximum absolute atomic E-state index is 13.1. The summed E-state index contributed by atoms with van der Waals surface area (Å²) in [5, 5.41) is 0.840. The number of benzene rings is 1. The Balaban J connectivity index is 1.72. The molecule has 0 aliphatic carbocycles. The summed E-state index contributed by atoms with van der Waals surface area (Å²) in [6.45, 7) is 4.58. The first kappa shape index (κ1) is 22.4. The molecule has 0 radical (unpaired) electrons. The first-order chi connectivity index (χ1) is 15.9. The van der Waals surface area contributed by atoms with Gasteiger partial charge in [-0.05, 0) is 63.3 Å². The van der Waals surface area contributed by atoms with Crippen molar-refractivity contribution >= 4 is 40.4 Å². The molecule has 3 heterocycles. The number of pyridine rings is 1. The van der Waals surface area contributed by atoms with Crippen LogP contribution >= 0.6 is 0 Å². The molecule has 1 aliphatic rings. The van der Waals surface area contributed by atoms with Crippen molar-refractivity contribution in [3.05, 3.63) is 65.2 Å².